The highest BCUT2D eigenvalue weighted by Crippen LogP contribution is 2.18. The third kappa shape index (κ3) is 13.2. The molecule has 3 N–H and O–H groups in total. The van der Waals surface area contributed by atoms with Crippen molar-refractivity contribution in [1.82, 2.24) is 10.6 Å². The van der Waals surface area contributed by atoms with Gasteiger partial charge in [0.2, 0.25) is 11.8 Å². The third-order valence-electron chi connectivity index (χ3n) is 5.47. The summed E-state index contributed by atoms with van der Waals surface area (Å²) in [6.07, 6.45) is 5.61. The lowest BCUT2D eigenvalue weighted by Crippen LogP contribution is -2.50. The van der Waals surface area contributed by atoms with E-state index in [1.54, 1.807) is 26.0 Å². The highest BCUT2D eigenvalue weighted by molar-refractivity contribution is 5.86. The smallest absolute Gasteiger partial charge is 0.309 e. The fourth-order valence-electron chi connectivity index (χ4n) is 3.57. The molecule has 0 saturated heterocycles. The molecule has 8 heteroatoms. The quantitative estimate of drug-likeness (QED) is 0.152. The van der Waals surface area contributed by atoms with Crippen molar-refractivity contribution in [3.05, 3.63) is 61.2 Å². The zero-order chi connectivity index (χ0) is 26.8. The van der Waals surface area contributed by atoms with Gasteiger partial charge in [0.15, 0.2) is 0 Å². The number of ether oxygens (including phenoxy) is 2. The molecule has 2 amide bonds. The van der Waals surface area contributed by atoms with Crippen molar-refractivity contribution in [3.63, 3.8) is 0 Å². The van der Waals surface area contributed by atoms with E-state index >= 15 is 0 Å². The minimum atomic E-state index is -0.823. The molecular formula is C28H42N2O6. The Morgan fingerprint density at radius 1 is 1.08 bits per heavy atom. The second kappa shape index (κ2) is 17.5. The van der Waals surface area contributed by atoms with Crippen LogP contribution in [0.4, 0.5) is 0 Å². The lowest BCUT2D eigenvalue weighted by Gasteiger charge is -2.29. The van der Waals surface area contributed by atoms with Crippen molar-refractivity contribution in [2.75, 3.05) is 33.0 Å². The van der Waals surface area contributed by atoms with Gasteiger partial charge in [0.25, 0.3) is 0 Å². The Morgan fingerprint density at radius 2 is 1.81 bits per heavy atom. The summed E-state index contributed by atoms with van der Waals surface area (Å²) in [5.41, 5.74) is 0.234. The van der Waals surface area contributed by atoms with Crippen LogP contribution in [-0.4, -0.2) is 61.4 Å². The van der Waals surface area contributed by atoms with Crippen LogP contribution < -0.4 is 10.6 Å². The minimum Gasteiger partial charge on any atom is -0.463 e. The normalized spacial score (nSPS) is 12.8. The Morgan fingerprint density at radius 3 is 2.44 bits per heavy atom. The fraction of sp³-hybridized carbons (Fsp3) is 0.536. The number of amides is 2. The van der Waals surface area contributed by atoms with Gasteiger partial charge in [-0.2, -0.15) is 0 Å². The standard InChI is InChI=1S/C28H42N2O6/c1-5-7-14-24(19-22-12-9-8-10-13-22)27(34)36-21-28(3,4)30-26(33)23(11-6-2)20-25(32)29-15-17-35-18-16-31/h5-6,8-10,12-13,23-24,31H,1-2,7,11,14-21H2,3-4H3,(H,29,32)(H,30,33)/t23-,24+/m0/s1. The molecule has 0 unspecified atom stereocenters. The maximum absolute atomic E-state index is 12.9. The molecular weight excluding hydrogens is 460 g/mol. The van der Waals surface area contributed by atoms with Gasteiger partial charge in [-0.05, 0) is 45.1 Å². The Hall–Kier alpha value is -2.97. The molecule has 0 aliphatic rings. The van der Waals surface area contributed by atoms with Gasteiger partial charge in [0.1, 0.15) is 6.61 Å². The number of carbonyl (C=O) groups excluding carboxylic acids is 3. The second-order valence-electron chi connectivity index (χ2n) is 9.34. The average Bonchev–Trinajstić information content (AvgIpc) is 2.85. The van der Waals surface area contributed by atoms with Crippen LogP contribution in [0.2, 0.25) is 0 Å². The predicted molar refractivity (Wildman–Crippen MR) is 140 cm³/mol. The van der Waals surface area contributed by atoms with E-state index in [0.29, 0.717) is 32.2 Å². The van der Waals surface area contributed by atoms with Crippen LogP contribution in [0.15, 0.2) is 55.6 Å². The molecule has 1 aromatic carbocycles. The molecule has 1 aromatic rings. The molecule has 0 saturated carbocycles. The molecule has 0 fully saturated rings. The summed E-state index contributed by atoms with van der Waals surface area (Å²) in [7, 11) is 0. The summed E-state index contributed by atoms with van der Waals surface area (Å²) >= 11 is 0. The Kier molecular flexibility index (Phi) is 15.1. The molecule has 2 atom stereocenters. The van der Waals surface area contributed by atoms with E-state index in [2.05, 4.69) is 23.8 Å². The van der Waals surface area contributed by atoms with Gasteiger partial charge in [-0.15, -0.1) is 13.2 Å². The lowest BCUT2D eigenvalue weighted by molar-refractivity contribution is -0.151. The van der Waals surface area contributed by atoms with Crippen molar-refractivity contribution in [2.24, 2.45) is 11.8 Å². The highest BCUT2D eigenvalue weighted by Gasteiger charge is 2.29. The number of esters is 1. The highest BCUT2D eigenvalue weighted by atomic mass is 16.5. The van der Waals surface area contributed by atoms with Gasteiger partial charge in [-0.3, -0.25) is 14.4 Å². The van der Waals surface area contributed by atoms with Crippen molar-refractivity contribution in [3.8, 4) is 0 Å². The average molecular weight is 503 g/mol. The largest absolute Gasteiger partial charge is 0.463 e. The maximum atomic E-state index is 12.9. The summed E-state index contributed by atoms with van der Waals surface area (Å²) in [5.74, 6) is -1.81. The molecule has 0 spiro atoms. The number of aliphatic hydroxyl groups excluding tert-OH is 1. The number of aliphatic hydroxyl groups is 1. The summed E-state index contributed by atoms with van der Waals surface area (Å²) in [6.45, 7) is 11.7. The van der Waals surface area contributed by atoms with Gasteiger partial charge in [0, 0.05) is 13.0 Å². The van der Waals surface area contributed by atoms with Crippen molar-refractivity contribution < 1.29 is 29.0 Å². The number of allylic oxidation sites excluding steroid dienone is 2. The summed E-state index contributed by atoms with van der Waals surface area (Å²) in [5, 5.41) is 14.3. The molecule has 0 aliphatic heterocycles. The van der Waals surface area contributed by atoms with Crippen LogP contribution in [0, 0.1) is 11.8 Å². The number of hydrogen-bond acceptors (Lipinski definition) is 6. The van der Waals surface area contributed by atoms with E-state index < -0.39 is 11.5 Å². The van der Waals surface area contributed by atoms with Crippen molar-refractivity contribution in [2.45, 2.75) is 51.5 Å². The zero-order valence-corrected chi connectivity index (χ0v) is 21.7. The van der Waals surface area contributed by atoms with Crippen LogP contribution in [0.1, 0.15) is 45.1 Å². The topological polar surface area (TPSA) is 114 Å². The predicted octanol–water partition coefficient (Wildman–Crippen LogP) is 2.96. The molecule has 8 nitrogen and oxygen atoms in total. The number of carbonyl (C=O) groups is 3. The Balaban J connectivity index is 2.63. The van der Waals surface area contributed by atoms with E-state index in [9.17, 15) is 14.4 Å². The number of hydrogen-bond donors (Lipinski definition) is 3. The maximum Gasteiger partial charge on any atom is 0.309 e. The first-order chi connectivity index (χ1) is 17.2. The van der Waals surface area contributed by atoms with Crippen LogP contribution in [0.5, 0.6) is 0 Å². The molecule has 0 aliphatic carbocycles. The molecule has 1 rings (SSSR count). The van der Waals surface area contributed by atoms with Gasteiger partial charge in [-0.1, -0.05) is 42.5 Å². The number of benzene rings is 1. The molecule has 0 aromatic heterocycles. The number of rotatable bonds is 19. The zero-order valence-electron chi connectivity index (χ0n) is 21.7. The lowest BCUT2D eigenvalue weighted by atomic mass is 9.94. The van der Waals surface area contributed by atoms with Gasteiger partial charge >= 0.3 is 5.97 Å². The Bertz CT molecular complexity index is 825. The van der Waals surface area contributed by atoms with E-state index in [0.717, 1.165) is 5.56 Å². The second-order valence-corrected chi connectivity index (χ2v) is 9.34. The monoisotopic (exact) mass is 502 g/mol. The van der Waals surface area contributed by atoms with E-state index in [1.165, 1.54) is 0 Å². The molecule has 0 radical (unpaired) electrons. The summed E-state index contributed by atoms with van der Waals surface area (Å²) < 4.78 is 10.7. The summed E-state index contributed by atoms with van der Waals surface area (Å²) in [4.78, 5) is 38.0. The third-order valence-corrected chi connectivity index (χ3v) is 5.47. The van der Waals surface area contributed by atoms with Gasteiger partial charge in [-0.25, -0.2) is 0 Å². The first-order valence-electron chi connectivity index (χ1n) is 12.4. The van der Waals surface area contributed by atoms with Crippen LogP contribution in [0.3, 0.4) is 0 Å². The van der Waals surface area contributed by atoms with Gasteiger partial charge < -0.3 is 25.2 Å². The first-order valence-corrected chi connectivity index (χ1v) is 12.4. The van der Waals surface area contributed by atoms with Crippen molar-refractivity contribution >= 4 is 17.8 Å². The fourth-order valence-corrected chi connectivity index (χ4v) is 3.57. The number of nitrogens with one attached hydrogen (secondary N) is 2. The van der Waals surface area contributed by atoms with E-state index in [1.807, 2.05) is 30.3 Å². The molecule has 0 heterocycles. The van der Waals surface area contributed by atoms with Gasteiger partial charge in [0.05, 0.1) is 37.2 Å². The first kappa shape index (κ1) is 31.1. The van der Waals surface area contributed by atoms with Crippen LogP contribution in [0.25, 0.3) is 0 Å². The van der Waals surface area contributed by atoms with E-state index in [-0.39, 0.29) is 56.5 Å². The Labute approximate surface area is 215 Å². The molecule has 200 valence electrons. The van der Waals surface area contributed by atoms with E-state index in [4.69, 9.17) is 14.6 Å². The van der Waals surface area contributed by atoms with Crippen LogP contribution in [-0.2, 0) is 30.3 Å². The minimum absolute atomic E-state index is 0.00553. The SMILES string of the molecule is C=CCC[C@H](Cc1ccccc1)C(=O)OCC(C)(C)NC(=O)[C@@H](CC=C)CC(=O)NCCOCCO. The van der Waals surface area contributed by atoms with Crippen molar-refractivity contribution in [1.29, 1.82) is 0 Å². The van der Waals surface area contributed by atoms with Crippen LogP contribution >= 0.6 is 0 Å². The molecule has 0 bridgehead atoms. The summed E-state index contributed by atoms with van der Waals surface area (Å²) in [6, 6.07) is 9.78. The molecule has 36 heavy (non-hydrogen) atoms.